The van der Waals surface area contributed by atoms with Crippen molar-refractivity contribution < 1.29 is 0 Å². The largest absolute Gasteiger partial charge is 0.328 e. The van der Waals surface area contributed by atoms with E-state index >= 15 is 0 Å². The molecular formula is C12H24N2. The molecule has 0 bridgehead atoms. The van der Waals surface area contributed by atoms with Gasteiger partial charge in [0.1, 0.15) is 0 Å². The van der Waals surface area contributed by atoms with Gasteiger partial charge in [-0.1, -0.05) is 6.92 Å². The molecule has 1 atom stereocenters. The molecule has 2 saturated carbocycles. The molecule has 0 heterocycles. The second-order valence-corrected chi connectivity index (χ2v) is 5.27. The number of rotatable bonds is 7. The van der Waals surface area contributed by atoms with Crippen LogP contribution in [0, 0.1) is 11.3 Å². The van der Waals surface area contributed by atoms with E-state index in [1.807, 2.05) is 0 Å². The van der Waals surface area contributed by atoms with Crippen LogP contribution >= 0.6 is 0 Å². The van der Waals surface area contributed by atoms with Crippen molar-refractivity contribution in [3.63, 3.8) is 0 Å². The van der Waals surface area contributed by atoms with E-state index in [0.717, 1.165) is 30.7 Å². The lowest BCUT2D eigenvalue weighted by molar-refractivity contribution is 0.397. The van der Waals surface area contributed by atoms with Crippen molar-refractivity contribution in [3.8, 4) is 0 Å². The molecule has 14 heavy (non-hydrogen) atoms. The summed E-state index contributed by atoms with van der Waals surface area (Å²) >= 11 is 0. The minimum Gasteiger partial charge on any atom is -0.328 e. The van der Waals surface area contributed by atoms with Crippen molar-refractivity contribution in [2.24, 2.45) is 17.1 Å². The second kappa shape index (κ2) is 4.19. The standard InChI is InChI=1S/C12H24N2/c1-2-11(13)5-8-14-9-12(6-7-12)10-3-4-10/h10-11,14H,2-9,13H2,1H3. The SMILES string of the molecule is CCC(N)CCNCC1(C2CC2)CC1. The van der Waals surface area contributed by atoms with Gasteiger partial charge in [-0.3, -0.25) is 0 Å². The van der Waals surface area contributed by atoms with Gasteiger partial charge in [0.25, 0.3) is 0 Å². The number of nitrogens with two attached hydrogens (primary N) is 1. The lowest BCUT2D eigenvalue weighted by atomic mass is 10.0. The Balaban J connectivity index is 1.54. The van der Waals surface area contributed by atoms with Gasteiger partial charge in [0, 0.05) is 12.6 Å². The molecule has 0 aliphatic heterocycles. The zero-order valence-electron chi connectivity index (χ0n) is 9.39. The maximum Gasteiger partial charge on any atom is 0.00482 e. The van der Waals surface area contributed by atoms with Gasteiger partial charge in [-0.2, -0.15) is 0 Å². The number of nitrogens with one attached hydrogen (secondary N) is 1. The van der Waals surface area contributed by atoms with Gasteiger partial charge in [-0.05, 0) is 56.4 Å². The van der Waals surface area contributed by atoms with Crippen LogP contribution in [0.5, 0.6) is 0 Å². The number of hydrogen-bond donors (Lipinski definition) is 2. The molecule has 1 unspecified atom stereocenters. The minimum absolute atomic E-state index is 0.401. The third kappa shape index (κ3) is 2.48. The fourth-order valence-corrected chi connectivity index (χ4v) is 2.41. The van der Waals surface area contributed by atoms with Crippen LogP contribution in [0.15, 0.2) is 0 Å². The smallest absolute Gasteiger partial charge is 0.00482 e. The average molecular weight is 196 g/mol. The van der Waals surface area contributed by atoms with E-state index in [1.54, 1.807) is 0 Å². The van der Waals surface area contributed by atoms with Crippen LogP contribution in [-0.4, -0.2) is 19.1 Å². The van der Waals surface area contributed by atoms with Crippen LogP contribution in [0.1, 0.15) is 45.4 Å². The summed E-state index contributed by atoms with van der Waals surface area (Å²) < 4.78 is 0. The highest BCUT2D eigenvalue weighted by atomic mass is 14.9. The Kier molecular flexibility index (Phi) is 3.13. The Hall–Kier alpha value is -0.0800. The van der Waals surface area contributed by atoms with E-state index in [1.165, 1.54) is 32.2 Å². The van der Waals surface area contributed by atoms with Crippen LogP contribution in [-0.2, 0) is 0 Å². The van der Waals surface area contributed by atoms with Crippen molar-refractivity contribution in [3.05, 3.63) is 0 Å². The first kappa shape index (κ1) is 10.4. The van der Waals surface area contributed by atoms with E-state index in [9.17, 15) is 0 Å². The highest BCUT2D eigenvalue weighted by Crippen LogP contribution is 2.60. The van der Waals surface area contributed by atoms with Crippen molar-refractivity contribution >= 4 is 0 Å². The van der Waals surface area contributed by atoms with E-state index in [4.69, 9.17) is 5.73 Å². The molecule has 0 aromatic carbocycles. The van der Waals surface area contributed by atoms with Crippen molar-refractivity contribution in [2.45, 2.75) is 51.5 Å². The van der Waals surface area contributed by atoms with Crippen molar-refractivity contribution in [1.29, 1.82) is 0 Å². The Bertz CT molecular complexity index is 183. The summed E-state index contributed by atoms with van der Waals surface area (Å²) in [4.78, 5) is 0. The molecule has 0 amide bonds. The highest BCUT2D eigenvalue weighted by Gasteiger charge is 2.52. The molecule has 0 radical (unpaired) electrons. The molecule has 3 N–H and O–H groups in total. The zero-order chi connectivity index (χ0) is 10.0. The first-order valence-electron chi connectivity index (χ1n) is 6.23. The summed E-state index contributed by atoms with van der Waals surface area (Å²) in [6.45, 7) is 4.54. The summed E-state index contributed by atoms with van der Waals surface area (Å²) in [6.07, 6.45) is 8.19. The van der Waals surface area contributed by atoms with E-state index < -0.39 is 0 Å². The normalized spacial score (nSPS) is 26.1. The monoisotopic (exact) mass is 196 g/mol. The molecule has 2 aliphatic carbocycles. The van der Waals surface area contributed by atoms with Gasteiger partial charge < -0.3 is 11.1 Å². The molecule has 0 spiro atoms. The van der Waals surface area contributed by atoms with Gasteiger partial charge in [0.15, 0.2) is 0 Å². The summed E-state index contributed by atoms with van der Waals surface area (Å²) in [7, 11) is 0. The average Bonchev–Trinajstić information content (AvgIpc) is 3.02. The summed E-state index contributed by atoms with van der Waals surface area (Å²) in [5.74, 6) is 1.08. The lowest BCUT2D eigenvalue weighted by Crippen LogP contribution is -2.30. The van der Waals surface area contributed by atoms with Gasteiger partial charge in [-0.25, -0.2) is 0 Å². The minimum atomic E-state index is 0.401. The van der Waals surface area contributed by atoms with Crippen molar-refractivity contribution in [1.82, 2.24) is 5.32 Å². The van der Waals surface area contributed by atoms with E-state index in [2.05, 4.69) is 12.2 Å². The highest BCUT2D eigenvalue weighted by molar-refractivity contribution is 5.04. The van der Waals surface area contributed by atoms with E-state index in [0.29, 0.717) is 6.04 Å². The third-order valence-corrected chi connectivity index (χ3v) is 4.03. The maximum absolute atomic E-state index is 5.87. The van der Waals surface area contributed by atoms with Crippen LogP contribution in [0.3, 0.4) is 0 Å². The molecule has 2 nitrogen and oxygen atoms in total. The quantitative estimate of drug-likeness (QED) is 0.610. The summed E-state index contributed by atoms with van der Waals surface area (Å²) in [5.41, 5.74) is 6.62. The summed E-state index contributed by atoms with van der Waals surface area (Å²) in [5, 5.41) is 3.59. The van der Waals surface area contributed by atoms with Crippen LogP contribution in [0.25, 0.3) is 0 Å². The second-order valence-electron chi connectivity index (χ2n) is 5.27. The molecule has 82 valence electrons. The van der Waals surface area contributed by atoms with Gasteiger partial charge >= 0.3 is 0 Å². The molecule has 0 aromatic rings. The van der Waals surface area contributed by atoms with Gasteiger partial charge in [-0.15, -0.1) is 0 Å². The fourth-order valence-electron chi connectivity index (χ4n) is 2.41. The molecule has 2 aliphatic rings. The zero-order valence-corrected chi connectivity index (χ0v) is 9.39. The Morgan fingerprint density at radius 3 is 2.64 bits per heavy atom. The van der Waals surface area contributed by atoms with Crippen LogP contribution in [0.2, 0.25) is 0 Å². The number of hydrogen-bond acceptors (Lipinski definition) is 2. The van der Waals surface area contributed by atoms with Gasteiger partial charge in [0.2, 0.25) is 0 Å². The van der Waals surface area contributed by atoms with Crippen LogP contribution < -0.4 is 11.1 Å². The molecule has 0 aromatic heterocycles. The van der Waals surface area contributed by atoms with Gasteiger partial charge in [0.05, 0.1) is 0 Å². The molecular weight excluding hydrogens is 172 g/mol. The Morgan fingerprint density at radius 1 is 1.43 bits per heavy atom. The third-order valence-electron chi connectivity index (χ3n) is 4.03. The maximum atomic E-state index is 5.87. The first-order valence-corrected chi connectivity index (χ1v) is 6.23. The topological polar surface area (TPSA) is 38.0 Å². The van der Waals surface area contributed by atoms with E-state index in [-0.39, 0.29) is 0 Å². The molecule has 0 saturated heterocycles. The predicted molar refractivity (Wildman–Crippen MR) is 60.1 cm³/mol. The van der Waals surface area contributed by atoms with Crippen molar-refractivity contribution in [2.75, 3.05) is 13.1 Å². The Labute approximate surface area is 87.6 Å². The van der Waals surface area contributed by atoms with Crippen LogP contribution in [0.4, 0.5) is 0 Å². The lowest BCUT2D eigenvalue weighted by Gasteiger charge is -2.16. The molecule has 2 rings (SSSR count). The fraction of sp³-hybridized carbons (Fsp3) is 1.00. The summed E-state index contributed by atoms with van der Waals surface area (Å²) in [6, 6.07) is 0.401. The molecule has 2 fully saturated rings. The molecule has 2 heteroatoms. The Morgan fingerprint density at radius 2 is 2.14 bits per heavy atom. The first-order chi connectivity index (χ1) is 6.77. The predicted octanol–water partition coefficient (Wildman–Crippen LogP) is 1.89.